The second-order valence-corrected chi connectivity index (χ2v) is 6.84. The van der Waals surface area contributed by atoms with Crippen molar-refractivity contribution in [2.75, 3.05) is 25.6 Å². The molecular formula is C23H27N3O6. The predicted molar refractivity (Wildman–Crippen MR) is 120 cm³/mol. The van der Waals surface area contributed by atoms with E-state index < -0.39 is 17.8 Å². The lowest BCUT2D eigenvalue weighted by Crippen LogP contribution is -2.24. The number of carbonyl (C=O) groups excluding carboxylic acids is 3. The number of methoxy groups -OCH3 is 1. The maximum atomic E-state index is 12.1. The Morgan fingerprint density at radius 1 is 1.00 bits per heavy atom. The van der Waals surface area contributed by atoms with E-state index in [1.54, 1.807) is 24.3 Å². The summed E-state index contributed by atoms with van der Waals surface area (Å²) in [5.41, 5.74) is 5.61. The maximum absolute atomic E-state index is 12.1. The Morgan fingerprint density at radius 2 is 1.78 bits per heavy atom. The molecule has 0 radical (unpaired) electrons. The lowest BCUT2D eigenvalue weighted by molar-refractivity contribution is -0.143. The van der Waals surface area contributed by atoms with Crippen molar-refractivity contribution in [3.8, 4) is 11.5 Å². The number of rotatable bonds is 10. The van der Waals surface area contributed by atoms with Gasteiger partial charge in [-0.1, -0.05) is 17.7 Å². The summed E-state index contributed by atoms with van der Waals surface area (Å²) < 4.78 is 15.5. The van der Waals surface area contributed by atoms with Gasteiger partial charge < -0.3 is 19.5 Å². The number of anilines is 1. The average Bonchev–Trinajstić information content (AvgIpc) is 2.75. The van der Waals surface area contributed by atoms with Gasteiger partial charge in [0, 0.05) is 5.69 Å². The first kappa shape index (κ1) is 24.4. The SMILES string of the molecule is CCOc1cc(C=NNC(=O)CC(=O)Nc2ccc(C)cc2C)ccc1OCC(=O)OC. The van der Waals surface area contributed by atoms with Gasteiger partial charge in [0.2, 0.25) is 11.8 Å². The van der Waals surface area contributed by atoms with Crippen LogP contribution in [0.5, 0.6) is 11.5 Å². The molecule has 9 heteroatoms. The molecule has 0 aliphatic heterocycles. The largest absolute Gasteiger partial charge is 0.490 e. The third kappa shape index (κ3) is 7.75. The van der Waals surface area contributed by atoms with E-state index in [0.29, 0.717) is 29.4 Å². The van der Waals surface area contributed by atoms with Gasteiger partial charge in [-0.15, -0.1) is 0 Å². The Labute approximate surface area is 186 Å². The van der Waals surface area contributed by atoms with Gasteiger partial charge in [-0.25, -0.2) is 10.2 Å². The van der Waals surface area contributed by atoms with E-state index in [4.69, 9.17) is 9.47 Å². The first-order valence-corrected chi connectivity index (χ1v) is 9.97. The van der Waals surface area contributed by atoms with Crippen LogP contribution >= 0.6 is 0 Å². The summed E-state index contributed by atoms with van der Waals surface area (Å²) in [6, 6.07) is 10.6. The molecule has 0 fully saturated rings. The molecule has 2 N–H and O–H groups in total. The van der Waals surface area contributed by atoms with Crippen molar-refractivity contribution >= 4 is 29.7 Å². The normalized spacial score (nSPS) is 10.5. The number of nitrogens with zero attached hydrogens (tertiary/aromatic N) is 1. The molecule has 0 heterocycles. The molecule has 2 aromatic carbocycles. The lowest BCUT2D eigenvalue weighted by Gasteiger charge is -2.11. The highest BCUT2D eigenvalue weighted by Gasteiger charge is 2.11. The minimum absolute atomic E-state index is 0.246. The number of aryl methyl sites for hydroxylation is 2. The summed E-state index contributed by atoms with van der Waals surface area (Å²) in [5, 5.41) is 6.59. The molecule has 0 aliphatic rings. The van der Waals surface area contributed by atoms with Gasteiger partial charge >= 0.3 is 5.97 Å². The van der Waals surface area contributed by atoms with Crippen molar-refractivity contribution in [3.05, 3.63) is 53.1 Å². The Hall–Kier alpha value is -3.88. The fourth-order valence-electron chi connectivity index (χ4n) is 2.70. The molecule has 9 nitrogen and oxygen atoms in total. The molecule has 0 aromatic heterocycles. The van der Waals surface area contributed by atoms with Crippen molar-refractivity contribution < 1.29 is 28.6 Å². The van der Waals surface area contributed by atoms with Gasteiger partial charge in [0.15, 0.2) is 18.1 Å². The molecule has 32 heavy (non-hydrogen) atoms. The lowest BCUT2D eigenvalue weighted by atomic mass is 10.1. The summed E-state index contributed by atoms with van der Waals surface area (Å²) in [6.07, 6.45) is 1.04. The van der Waals surface area contributed by atoms with E-state index in [-0.39, 0.29) is 13.0 Å². The number of ether oxygens (including phenoxy) is 3. The van der Waals surface area contributed by atoms with Crippen molar-refractivity contribution in [1.82, 2.24) is 5.43 Å². The number of hydrazone groups is 1. The summed E-state index contributed by atoms with van der Waals surface area (Å²) in [5.74, 6) is -0.703. The molecule has 0 bridgehead atoms. The molecule has 0 atom stereocenters. The van der Waals surface area contributed by atoms with Crippen LogP contribution in [0, 0.1) is 13.8 Å². The van der Waals surface area contributed by atoms with Gasteiger partial charge in [0.25, 0.3) is 0 Å². The standard InChI is InChI=1S/C23H27N3O6/c1-5-31-20-11-17(7-9-19(20)32-14-23(29)30-4)13-24-26-22(28)12-21(27)25-18-8-6-15(2)10-16(18)3/h6-11,13H,5,12,14H2,1-4H3,(H,25,27)(H,26,28). The summed E-state index contributed by atoms with van der Waals surface area (Å²) >= 11 is 0. The highest BCUT2D eigenvalue weighted by Crippen LogP contribution is 2.28. The fourth-order valence-corrected chi connectivity index (χ4v) is 2.70. The predicted octanol–water partition coefficient (Wildman–Crippen LogP) is 2.73. The van der Waals surface area contributed by atoms with Crippen LogP contribution in [0.1, 0.15) is 30.0 Å². The molecule has 2 amide bonds. The number of hydrogen-bond acceptors (Lipinski definition) is 7. The van der Waals surface area contributed by atoms with Crippen LogP contribution < -0.4 is 20.2 Å². The van der Waals surface area contributed by atoms with Crippen LogP contribution in [-0.2, 0) is 19.1 Å². The summed E-state index contributed by atoms with van der Waals surface area (Å²) in [7, 11) is 1.27. The molecule has 0 saturated carbocycles. The zero-order valence-electron chi connectivity index (χ0n) is 18.6. The van der Waals surface area contributed by atoms with E-state index in [0.717, 1.165) is 11.1 Å². The fraction of sp³-hybridized carbons (Fsp3) is 0.304. The summed E-state index contributed by atoms with van der Waals surface area (Å²) in [6.45, 7) is 5.81. The first-order valence-electron chi connectivity index (χ1n) is 9.97. The Kier molecular flexibility index (Phi) is 9.22. The van der Waals surface area contributed by atoms with Crippen LogP contribution in [0.25, 0.3) is 0 Å². The van der Waals surface area contributed by atoms with Crippen molar-refractivity contribution in [1.29, 1.82) is 0 Å². The monoisotopic (exact) mass is 441 g/mol. The number of amides is 2. The smallest absolute Gasteiger partial charge is 0.343 e. The minimum Gasteiger partial charge on any atom is -0.490 e. The number of benzene rings is 2. The van der Waals surface area contributed by atoms with Crippen LogP contribution in [0.2, 0.25) is 0 Å². The highest BCUT2D eigenvalue weighted by molar-refractivity contribution is 6.04. The Balaban J connectivity index is 1.91. The molecular weight excluding hydrogens is 414 g/mol. The third-order valence-corrected chi connectivity index (χ3v) is 4.22. The van der Waals surface area contributed by atoms with E-state index in [2.05, 4.69) is 20.6 Å². The number of nitrogens with one attached hydrogen (secondary N) is 2. The van der Waals surface area contributed by atoms with Crippen LogP contribution in [0.3, 0.4) is 0 Å². The minimum atomic E-state index is -0.549. The van der Waals surface area contributed by atoms with Crippen LogP contribution in [-0.4, -0.2) is 44.3 Å². The molecule has 2 rings (SSSR count). The topological polar surface area (TPSA) is 115 Å². The number of hydrogen-bond donors (Lipinski definition) is 2. The van der Waals surface area contributed by atoms with Crippen molar-refractivity contribution in [2.45, 2.75) is 27.2 Å². The summed E-state index contributed by atoms with van der Waals surface area (Å²) in [4.78, 5) is 35.3. The van der Waals surface area contributed by atoms with Crippen LogP contribution in [0.4, 0.5) is 5.69 Å². The Morgan fingerprint density at radius 3 is 2.47 bits per heavy atom. The van der Waals surface area contributed by atoms with Gasteiger partial charge in [-0.05, 0) is 56.2 Å². The van der Waals surface area contributed by atoms with Crippen LogP contribution in [0.15, 0.2) is 41.5 Å². The van der Waals surface area contributed by atoms with E-state index >= 15 is 0 Å². The zero-order valence-corrected chi connectivity index (χ0v) is 18.6. The second kappa shape index (κ2) is 12.1. The Bertz CT molecular complexity index is 1000. The van der Waals surface area contributed by atoms with Gasteiger partial charge in [0.05, 0.1) is 19.9 Å². The van der Waals surface area contributed by atoms with Gasteiger partial charge in [0.1, 0.15) is 6.42 Å². The van der Waals surface area contributed by atoms with E-state index in [1.165, 1.54) is 13.3 Å². The zero-order chi connectivity index (χ0) is 23.5. The van der Waals surface area contributed by atoms with Crippen molar-refractivity contribution in [2.24, 2.45) is 5.10 Å². The molecule has 0 aliphatic carbocycles. The van der Waals surface area contributed by atoms with Crippen molar-refractivity contribution in [3.63, 3.8) is 0 Å². The number of carbonyl (C=O) groups is 3. The average molecular weight is 441 g/mol. The van der Waals surface area contributed by atoms with Gasteiger partial charge in [-0.3, -0.25) is 9.59 Å². The molecule has 2 aromatic rings. The van der Waals surface area contributed by atoms with E-state index in [1.807, 2.05) is 32.9 Å². The first-order chi connectivity index (χ1) is 15.3. The highest BCUT2D eigenvalue weighted by atomic mass is 16.6. The van der Waals surface area contributed by atoms with Gasteiger partial charge in [-0.2, -0.15) is 5.10 Å². The van der Waals surface area contributed by atoms with E-state index in [9.17, 15) is 14.4 Å². The molecule has 0 saturated heterocycles. The maximum Gasteiger partial charge on any atom is 0.343 e. The second-order valence-electron chi connectivity index (χ2n) is 6.84. The molecule has 170 valence electrons. The third-order valence-electron chi connectivity index (χ3n) is 4.22. The molecule has 0 unspecified atom stereocenters. The quantitative estimate of drug-likeness (QED) is 0.254. The number of esters is 1. The molecule has 0 spiro atoms.